The summed E-state index contributed by atoms with van der Waals surface area (Å²) < 4.78 is 16.1. The number of fused-ring (bicyclic) bond motifs is 2. The number of carbonyl (C=O) groups excluding carboxylic acids is 1. The molecule has 0 radical (unpaired) electrons. The van der Waals surface area contributed by atoms with Crippen molar-refractivity contribution in [3.05, 3.63) is 48.0 Å². The first-order valence-corrected chi connectivity index (χ1v) is 7.83. The van der Waals surface area contributed by atoms with Crippen molar-refractivity contribution in [1.82, 2.24) is 4.98 Å². The molecule has 0 unspecified atom stereocenters. The summed E-state index contributed by atoms with van der Waals surface area (Å²) >= 11 is 0. The van der Waals surface area contributed by atoms with Crippen molar-refractivity contribution >= 4 is 16.8 Å². The van der Waals surface area contributed by atoms with Crippen LogP contribution in [0.3, 0.4) is 0 Å². The van der Waals surface area contributed by atoms with Crippen LogP contribution >= 0.6 is 0 Å². The highest BCUT2D eigenvalue weighted by Crippen LogP contribution is 2.37. The Hall–Kier alpha value is -3.28. The Bertz CT molecular complexity index is 967. The van der Waals surface area contributed by atoms with Crippen molar-refractivity contribution in [2.45, 2.75) is 6.92 Å². The van der Waals surface area contributed by atoms with E-state index < -0.39 is 5.91 Å². The lowest BCUT2D eigenvalue weighted by atomic mass is 10.0. The van der Waals surface area contributed by atoms with Gasteiger partial charge in [-0.25, -0.2) is 4.98 Å². The zero-order valence-corrected chi connectivity index (χ0v) is 13.6. The molecule has 0 saturated heterocycles. The van der Waals surface area contributed by atoms with E-state index in [1.807, 2.05) is 37.3 Å². The Morgan fingerprint density at radius 3 is 2.60 bits per heavy atom. The number of primary amides is 1. The fourth-order valence-corrected chi connectivity index (χ4v) is 2.81. The van der Waals surface area contributed by atoms with Gasteiger partial charge in [-0.1, -0.05) is 0 Å². The molecule has 4 rings (SSSR count). The maximum atomic E-state index is 10.8. The molecule has 126 valence electrons. The molecule has 1 amide bonds. The van der Waals surface area contributed by atoms with Crippen LogP contribution in [0.1, 0.15) is 5.56 Å². The molecule has 0 atom stereocenters. The third-order valence-electron chi connectivity index (χ3n) is 4.04. The molecular weight excluding hydrogens is 320 g/mol. The third kappa shape index (κ3) is 2.94. The van der Waals surface area contributed by atoms with E-state index in [0.717, 1.165) is 33.5 Å². The monoisotopic (exact) mass is 336 g/mol. The number of rotatable bonds is 4. The summed E-state index contributed by atoms with van der Waals surface area (Å²) in [7, 11) is 0. The number of hydrogen-bond acceptors (Lipinski definition) is 5. The van der Waals surface area contributed by atoms with Gasteiger partial charge in [0.1, 0.15) is 5.75 Å². The van der Waals surface area contributed by atoms with Crippen molar-refractivity contribution in [2.75, 3.05) is 13.4 Å². The normalized spacial score (nSPS) is 12.4. The molecule has 6 nitrogen and oxygen atoms in total. The van der Waals surface area contributed by atoms with Crippen molar-refractivity contribution in [3.63, 3.8) is 0 Å². The average Bonchev–Trinajstić information content (AvgIpc) is 3.06. The number of hydrogen-bond donors (Lipinski definition) is 1. The maximum absolute atomic E-state index is 10.8. The number of nitrogens with two attached hydrogens (primary N) is 1. The second-order valence-corrected chi connectivity index (χ2v) is 5.83. The Labute approximate surface area is 144 Å². The standard InChI is InChI=1S/C19H16N2O4/c1-11-6-15(12-2-4-13(5-3-12)23-9-19(20)22)21-16-8-18-17(7-14(11)16)24-10-25-18/h2-8H,9-10H2,1H3,(H2,20,22). The topological polar surface area (TPSA) is 83.7 Å². The molecule has 25 heavy (non-hydrogen) atoms. The van der Waals surface area contributed by atoms with Gasteiger partial charge in [0.25, 0.3) is 5.91 Å². The van der Waals surface area contributed by atoms with Crippen LogP contribution in [0.5, 0.6) is 17.2 Å². The van der Waals surface area contributed by atoms with E-state index in [4.69, 9.17) is 24.9 Å². The number of benzene rings is 2. The molecule has 3 aromatic rings. The molecule has 1 aromatic heterocycles. The fourth-order valence-electron chi connectivity index (χ4n) is 2.81. The summed E-state index contributed by atoms with van der Waals surface area (Å²) in [6.45, 7) is 2.14. The molecule has 0 saturated carbocycles. The Kier molecular flexibility index (Phi) is 3.65. The number of pyridine rings is 1. The summed E-state index contributed by atoms with van der Waals surface area (Å²) in [4.78, 5) is 15.5. The van der Waals surface area contributed by atoms with Crippen LogP contribution in [0.25, 0.3) is 22.2 Å². The van der Waals surface area contributed by atoms with E-state index in [1.165, 1.54) is 0 Å². The van der Waals surface area contributed by atoms with Gasteiger partial charge in [0.2, 0.25) is 6.79 Å². The van der Waals surface area contributed by atoms with Crippen molar-refractivity contribution < 1.29 is 19.0 Å². The summed E-state index contributed by atoms with van der Waals surface area (Å²) in [5.74, 6) is 1.55. The summed E-state index contributed by atoms with van der Waals surface area (Å²) in [6.07, 6.45) is 0. The second-order valence-electron chi connectivity index (χ2n) is 5.83. The minimum atomic E-state index is -0.505. The van der Waals surface area contributed by atoms with Crippen LogP contribution in [0, 0.1) is 6.92 Å². The average molecular weight is 336 g/mol. The third-order valence-corrected chi connectivity index (χ3v) is 4.04. The van der Waals surface area contributed by atoms with Gasteiger partial charge in [-0.2, -0.15) is 0 Å². The van der Waals surface area contributed by atoms with Gasteiger partial charge < -0.3 is 19.9 Å². The lowest BCUT2D eigenvalue weighted by Crippen LogP contribution is -2.19. The highest BCUT2D eigenvalue weighted by molar-refractivity contribution is 5.88. The molecule has 0 fully saturated rings. The van der Waals surface area contributed by atoms with Crippen molar-refractivity contribution in [3.8, 4) is 28.5 Å². The lowest BCUT2D eigenvalue weighted by molar-refractivity contribution is -0.119. The predicted octanol–water partition coefficient (Wildman–Crippen LogP) is 2.80. The molecule has 6 heteroatoms. The number of carbonyl (C=O) groups is 1. The molecule has 2 N–H and O–H groups in total. The van der Waals surface area contributed by atoms with Gasteiger partial charge in [0.05, 0.1) is 11.2 Å². The minimum Gasteiger partial charge on any atom is -0.484 e. The van der Waals surface area contributed by atoms with Gasteiger partial charge in [0, 0.05) is 17.0 Å². The molecule has 2 aromatic carbocycles. The number of amides is 1. The molecular formula is C19H16N2O4. The van der Waals surface area contributed by atoms with Crippen LogP contribution in [0.4, 0.5) is 0 Å². The molecule has 1 aliphatic rings. The molecule has 0 spiro atoms. The molecule has 2 heterocycles. The summed E-state index contributed by atoms with van der Waals surface area (Å²) in [5.41, 5.74) is 8.84. The van der Waals surface area contributed by atoms with E-state index >= 15 is 0 Å². The molecule has 0 bridgehead atoms. The van der Waals surface area contributed by atoms with Crippen LogP contribution in [0.15, 0.2) is 42.5 Å². The first kappa shape index (κ1) is 15.3. The molecule has 0 aliphatic carbocycles. The second kappa shape index (κ2) is 5.98. The number of ether oxygens (including phenoxy) is 3. The number of aromatic nitrogens is 1. The van der Waals surface area contributed by atoms with E-state index in [2.05, 4.69) is 0 Å². The summed E-state index contributed by atoms with van der Waals surface area (Å²) in [5, 5.41) is 1.04. The van der Waals surface area contributed by atoms with E-state index in [-0.39, 0.29) is 13.4 Å². The van der Waals surface area contributed by atoms with Crippen molar-refractivity contribution in [1.29, 1.82) is 0 Å². The Morgan fingerprint density at radius 2 is 1.88 bits per heavy atom. The van der Waals surface area contributed by atoms with Gasteiger partial charge in [-0.3, -0.25) is 4.79 Å². The maximum Gasteiger partial charge on any atom is 0.255 e. The van der Waals surface area contributed by atoms with Gasteiger partial charge >= 0.3 is 0 Å². The smallest absolute Gasteiger partial charge is 0.255 e. The van der Waals surface area contributed by atoms with Crippen LogP contribution in [-0.2, 0) is 4.79 Å². The highest BCUT2D eigenvalue weighted by atomic mass is 16.7. The van der Waals surface area contributed by atoms with Gasteiger partial charge in [-0.05, 0) is 48.9 Å². The van der Waals surface area contributed by atoms with Crippen molar-refractivity contribution in [2.24, 2.45) is 5.73 Å². The number of aryl methyl sites for hydroxylation is 1. The van der Waals surface area contributed by atoms with Crippen LogP contribution in [0.2, 0.25) is 0 Å². The summed E-state index contributed by atoms with van der Waals surface area (Å²) in [6, 6.07) is 13.3. The largest absolute Gasteiger partial charge is 0.484 e. The lowest BCUT2D eigenvalue weighted by Gasteiger charge is -2.09. The SMILES string of the molecule is Cc1cc(-c2ccc(OCC(N)=O)cc2)nc2cc3c(cc12)OCO3. The Balaban J connectivity index is 1.69. The van der Waals surface area contributed by atoms with E-state index in [0.29, 0.717) is 11.5 Å². The first-order chi connectivity index (χ1) is 12.1. The van der Waals surface area contributed by atoms with Crippen LogP contribution in [-0.4, -0.2) is 24.3 Å². The fraction of sp³-hybridized carbons (Fsp3) is 0.158. The van der Waals surface area contributed by atoms with Gasteiger partial charge in [-0.15, -0.1) is 0 Å². The highest BCUT2D eigenvalue weighted by Gasteiger charge is 2.16. The van der Waals surface area contributed by atoms with Crippen LogP contribution < -0.4 is 19.9 Å². The quantitative estimate of drug-likeness (QED) is 0.792. The zero-order valence-electron chi connectivity index (χ0n) is 13.6. The first-order valence-electron chi connectivity index (χ1n) is 7.83. The zero-order chi connectivity index (χ0) is 17.4. The Morgan fingerprint density at radius 1 is 1.16 bits per heavy atom. The predicted molar refractivity (Wildman–Crippen MR) is 92.7 cm³/mol. The number of nitrogens with zero attached hydrogens (tertiary/aromatic N) is 1. The van der Waals surface area contributed by atoms with E-state index in [1.54, 1.807) is 12.1 Å². The van der Waals surface area contributed by atoms with E-state index in [9.17, 15) is 4.79 Å². The van der Waals surface area contributed by atoms with Gasteiger partial charge in [0.15, 0.2) is 18.1 Å². The minimum absolute atomic E-state index is 0.139. The molecule has 1 aliphatic heterocycles.